The van der Waals surface area contributed by atoms with Crippen LogP contribution >= 0.6 is 0 Å². The largest absolute Gasteiger partial charge is 0.490 e. The molecule has 0 aliphatic carbocycles. The molecular formula is C16H27NO10. The molecule has 0 aromatic heterocycles. The SMILES string of the molecule is CC(=O)NC1C(O)[C@H](O)C(CO)O[C@H]1OCC1=C(C)OC(CO)[C@@H](O)C1O. The Morgan fingerprint density at radius 1 is 1.07 bits per heavy atom. The number of hydrogen-bond donors (Lipinski definition) is 7. The highest BCUT2D eigenvalue weighted by Crippen LogP contribution is 2.27. The van der Waals surface area contributed by atoms with Gasteiger partial charge in [0.05, 0.1) is 25.6 Å². The molecule has 2 aliphatic heterocycles. The molecule has 0 radical (unpaired) electrons. The number of rotatable bonds is 6. The average Bonchev–Trinajstić information content (AvgIpc) is 2.63. The molecular weight excluding hydrogens is 366 g/mol. The molecule has 5 unspecified atom stereocenters. The van der Waals surface area contributed by atoms with Crippen molar-refractivity contribution in [3.63, 3.8) is 0 Å². The van der Waals surface area contributed by atoms with Crippen molar-refractivity contribution in [2.45, 2.75) is 62.8 Å². The third-order valence-corrected chi connectivity index (χ3v) is 4.68. The predicted molar refractivity (Wildman–Crippen MR) is 88.0 cm³/mol. The Kier molecular flexibility index (Phi) is 7.54. The lowest BCUT2D eigenvalue weighted by molar-refractivity contribution is -0.269. The summed E-state index contributed by atoms with van der Waals surface area (Å²) in [6.07, 6.45) is -8.99. The summed E-state index contributed by atoms with van der Waals surface area (Å²) in [5.41, 5.74) is 0.193. The number of allylic oxidation sites excluding steroid dienone is 1. The first-order chi connectivity index (χ1) is 12.7. The monoisotopic (exact) mass is 393 g/mol. The summed E-state index contributed by atoms with van der Waals surface area (Å²) in [6, 6.07) is -1.13. The maximum Gasteiger partial charge on any atom is 0.217 e. The van der Waals surface area contributed by atoms with E-state index in [4.69, 9.17) is 19.3 Å². The van der Waals surface area contributed by atoms with Crippen molar-refractivity contribution < 1.29 is 49.6 Å². The van der Waals surface area contributed by atoms with Gasteiger partial charge in [0.1, 0.15) is 42.7 Å². The van der Waals surface area contributed by atoms with E-state index >= 15 is 0 Å². The first kappa shape index (κ1) is 22.0. The fourth-order valence-corrected chi connectivity index (χ4v) is 3.11. The van der Waals surface area contributed by atoms with E-state index in [1.54, 1.807) is 0 Å². The zero-order valence-electron chi connectivity index (χ0n) is 15.1. The van der Waals surface area contributed by atoms with Crippen molar-refractivity contribution in [3.05, 3.63) is 11.3 Å². The van der Waals surface area contributed by atoms with Gasteiger partial charge in [-0.1, -0.05) is 0 Å². The second-order valence-electron chi connectivity index (χ2n) is 6.60. The van der Waals surface area contributed by atoms with Crippen LogP contribution in [0.2, 0.25) is 0 Å². The Hall–Kier alpha value is -1.31. The van der Waals surface area contributed by atoms with Crippen LogP contribution in [0.3, 0.4) is 0 Å². The minimum Gasteiger partial charge on any atom is -0.490 e. The molecule has 11 heteroatoms. The summed E-state index contributed by atoms with van der Waals surface area (Å²) in [7, 11) is 0. The van der Waals surface area contributed by atoms with E-state index in [2.05, 4.69) is 5.32 Å². The minimum atomic E-state index is -1.46. The molecule has 7 N–H and O–H groups in total. The first-order valence-electron chi connectivity index (χ1n) is 8.55. The standard InChI is InChI=1S/C16H27NO10/c1-6-8(12(21)13(22)9(3-18)26-6)5-25-16-11(17-7(2)20)15(24)14(23)10(4-19)27-16/h9-16,18-19,21-24H,3-5H2,1-2H3,(H,17,20)/t9?,10?,11?,12?,13-,14-,15?,16-/m1/s1. The van der Waals surface area contributed by atoms with Crippen LogP contribution in [-0.4, -0.2) is 105 Å². The van der Waals surface area contributed by atoms with Gasteiger partial charge in [0, 0.05) is 12.5 Å². The van der Waals surface area contributed by atoms with Gasteiger partial charge in [-0.25, -0.2) is 0 Å². The van der Waals surface area contributed by atoms with Gasteiger partial charge in [-0.05, 0) is 6.92 Å². The van der Waals surface area contributed by atoms with E-state index in [9.17, 15) is 30.3 Å². The van der Waals surface area contributed by atoms with E-state index in [1.807, 2.05) is 0 Å². The van der Waals surface area contributed by atoms with Crippen molar-refractivity contribution in [2.24, 2.45) is 0 Å². The van der Waals surface area contributed by atoms with Crippen LogP contribution in [0, 0.1) is 0 Å². The lowest BCUT2D eigenvalue weighted by atomic mass is 9.96. The first-order valence-corrected chi connectivity index (χ1v) is 8.55. The fourth-order valence-electron chi connectivity index (χ4n) is 3.11. The van der Waals surface area contributed by atoms with E-state index in [1.165, 1.54) is 13.8 Å². The van der Waals surface area contributed by atoms with E-state index in [0.717, 1.165) is 0 Å². The summed E-state index contributed by atoms with van der Waals surface area (Å²) in [5.74, 6) is -0.249. The molecule has 0 saturated carbocycles. The minimum absolute atomic E-state index is 0.193. The van der Waals surface area contributed by atoms with Crippen LogP contribution in [0.1, 0.15) is 13.8 Å². The van der Waals surface area contributed by atoms with Crippen molar-refractivity contribution >= 4 is 5.91 Å². The summed E-state index contributed by atoms with van der Waals surface area (Å²) in [6.45, 7) is 1.38. The quantitative estimate of drug-likeness (QED) is 0.238. The smallest absolute Gasteiger partial charge is 0.217 e. The lowest BCUT2D eigenvalue weighted by Crippen LogP contribution is -2.64. The van der Waals surface area contributed by atoms with Gasteiger partial charge in [-0.15, -0.1) is 0 Å². The predicted octanol–water partition coefficient (Wildman–Crippen LogP) is -3.67. The van der Waals surface area contributed by atoms with Gasteiger partial charge in [0.25, 0.3) is 0 Å². The Morgan fingerprint density at radius 3 is 2.26 bits per heavy atom. The van der Waals surface area contributed by atoms with Crippen LogP contribution in [0.15, 0.2) is 11.3 Å². The maximum absolute atomic E-state index is 11.4. The van der Waals surface area contributed by atoms with E-state index in [-0.39, 0.29) is 17.9 Å². The molecule has 1 fully saturated rings. The molecule has 11 nitrogen and oxygen atoms in total. The Bertz CT molecular complexity index is 555. The molecule has 2 rings (SSSR count). The molecule has 2 aliphatic rings. The van der Waals surface area contributed by atoms with Gasteiger partial charge in [0.2, 0.25) is 5.91 Å². The molecule has 8 atom stereocenters. The van der Waals surface area contributed by atoms with Crippen LogP contribution < -0.4 is 5.32 Å². The maximum atomic E-state index is 11.4. The van der Waals surface area contributed by atoms with Crippen molar-refractivity contribution in [1.82, 2.24) is 5.32 Å². The fraction of sp³-hybridized carbons (Fsp3) is 0.812. The van der Waals surface area contributed by atoms with Crippen LogP contribution in [0.5, 0.6) is 0 Å². The number of carbonyl (C=O) groups excluding carboxylic acids is 1. The molecule has 0 spiro atoms. The Balaban J connectivity index is 2.14. The van der Waals surface area contributed by atoms with Crippen molar-refractivity contribution in [1.29, 1.82) is 0 Å². The van der Waals surface area contributed by atoms with Gasteiger partial charge >= 0.3 is 0 Å². The number of carbonyl (C=O) groups is 1. The third kappa shape index (κ3) is 4.76. The van der Waals surface area contributed by atoms with Crippen LogP contribution in [-0.2, 0) is 19.0 Å². The highest BCUT2D eigenvalue weighted by atomic mass is 16.7. The highest BCUT2D eigenvalue weighted by Gasteiger charge is 2.46. The molecule has 1 amide bonds. The Labute approximate surface area is 155 Å². The lowest BCUT2D eigenvalue weighted by Gasteiger charge is -2.42. The van der Waals surface area contributed by atoms with Crippen molar-refractivity contribution in [2.75, 3.05) is 19.8 Å². The molecule has 2 heterocycles. The zero-order valence-corrected chi connectivity index (χ0v) is 15.1. The van der Waals surface area contributed by atoms with Gasteiger partial charge in [0.15, 0.2) is 6.29 Å². The number of hydrogen-bond acceptors (Lipinski definition) is 10. The molecule has 1 saturated heterocycles. The summed E-state index contributed by atoms with van der Waals surface area (Å²) < 4.78 is 16.3. The zero-order chi connectivity index (χ0) is 20.3. The second kappa shape index (κ2) is 9.26. The Morgan fingerprint density at radius 2 is 1.70 bits per heavy atom. The summed E-state index contributed by atoms with van der Waals surface area (Å²) in [4.78, 5) is 11.4. The second-order valence-corrected chi connectivity index (χ2v) is 6.60. The highest BCUT2D eigenvalue weighted by molar-refractivity contribution is 5.73. The van der Waals surface area contributed by atoms with Crippen molar-refractivity contribution in [3.8, 4) is 0 Å². The summed E-state index contributed by atoms with van der Waals surface area (Å²) in [5, 5.41) is 61.2. The van der Waals surface area contributed by atoms with Gasteiger partial charge < -0.3 is 50.2 Å². The molecule has 0 bridgehead atoms. The van der Waals surface area contributed by atoms with E-state index in [0.29, 0.717) is 0 Å². The number of ether oxygens (including phenoxy) is 3. The molecule has 27 heavy (non-hydrogen) atoms. The molecule has 0 aromatic carbocycles. The summed E-state index contributed by atoms with van der Waals surface area (Å²) >= 11 is 0. The van der Waals surface area contributed by atoms with Crippen LogP contribution in [0.25, 0.3) is 0 Å². The normalized spacial score (nSPS) is 39.9. The number of amides is 1. The van der Waals surface area contributed by atoms with Gasteiger partial charge in [-0.2, -0.15) is 0 Å². The van der Waals surface area contributed by atoms with Crippen LogP contribution in [0.4, 0.5) is 0 Å². The topological polar surface area (TPSA) is 178 Å². The molecule has 0 aromatic rings. The number of aliphatic hydroxyl groups is 6. The number of nitrogens with one attached hydrogen (secondary N) is 1. The van der Waals surface area contributed by atoms with E-state index < -0.39 is 68.1 Å². The third-order valence-electron chi connectivity index (χ3n) is 4.68. The average molecular weight is 393 g/mol. The van der Waals surface area contributed by atoms with Gasteiger partial charge in [-0.3, -0.25) is 4.79 Å². The molecule has 156 valence electrons. The number of aliphatic hydroxyl groups excluding tert-OH is 6.